The number of halogens is 1. The Morgan fingerprint density at radius 2 is 1.12 bits per heavy atom. The van der Waals surface area contributed by atoms with Crippen molar-refractivity contribution in [2.45, 2.75) is 13.8 Å². The van der Waals surface area contributed by atoms with Crippen molar-refractivity contribution in [3.63, 3.8) is 0 Å². The summed E-state index contributed by atoms with van der Waals surface area (Å²) in [5.41, 5.74) is 1.38. The molecule has 0 radical (unpaired) electrons. The van der Waals surface area contributed by atoms with Crippen molar-refractivity contribution in [1.29, 1.82) is 0 Å². The molecule has 2 nitrogen and oxygen atoms in total. The first kappa shape index (κ1) is 18.6. The van der Waals surface area contributed by atoms with Crippen LogP contribution in [0.2, 0.25) is 0 Å². The zero-order valence-electron chi connectivity index (χ0n) is 14.6. The van der Waals surface area contributed by atoms with E-state index in [-0.39, 0.29) is 17.4 Å². The van der Waals surface area contributed by atoms with Gasteiger partial charge in [-0.3, -0.25) is 0 Å². The van der Waals surface area contributed by atoms with E-state index in [1.165, 1.54) is 12.1 Å². The van der Waals surface area contributed by atoms with Gasteiger partial charge >= 0.3 is 161 Å². The maximum atomic E-state index is 13.5. The van der Waals surface area contributed by atoms with Crippen LogP contribution in [0.3, 0.4) is 0 Å². The Morgan fingerprint density at radius 3 is 1.54 bits per heavy atom. The number of hydrogen-bond donors (Lipinski definition) is 0. The molecular weight excluding hydrogens is 524 g/mol. The van der Waals surface area contributed by atoms with E-state index in [1.807, 2.05) is 48.5 Å². The van der Waals surface area contributed by atoms with Gasteiger partial charge in [0.15, 0.2) is 0 Å². The zero-order valence-corrected chi connectivity index (χ0v) is 18.0. The van der Waals surface area contributed by atoms with E-state index in [0.29, 0.717) is 11.1 Å². The molecule has 0 N–H and O–H groups in total. The van der Waals surface area contributed by atoms with Crippen LogP contribution in [0.15, 0.2) is 72.8 Å². The molecule has 0 saturated heterocycles. The van der Waals surface area contributed by atoms with Crippen LogP contribution in [0, 0.1) is 5.82 Å². The first-order valence-electron chi connectivity index (χ1n) is 8.24. The quantitative estimate of drug-likeness (QED) is 0.367. The van der Waals surface area contributed by atoms with Crippen molar-refractivity contribution in [2.24, 2.45) is 0 Å². The molecule has 130 valence electrons. The van der Waals surface area contributed by atoms with Gasteiger partial charge in [-0.2, -0.15) is 0 Å². The Labute approximate surface area is 160 Å². The van der Waals surface area contributed by atoms with Gasteiger partial charge < -0.3 is 0 Å². The van der Waals surface area contributed by atoms with Gasteiger partial charge in [0.05, 0.1) is 0 Å². The molecule has 0 unspecified atom stereocenters. The summed E-state index contributed by atoms with van der Waals surface area (Å²) < 4.78 is 16.5. The van der Waals surface area contributed by atoms with Gasteiger partial charge in [0.2, 0.25) is 0 Å². The molecule has 0 aliphatic rings. The molecule has 0 saturated carbocycles. The third-order valence-corrected chi connectivity index (χ3v) is 14.1. The average molecular weight is 542 g/mol. The number of ketones is 2. The monoisotopic (exact) mass is 542 g/mol. The van der Waals surface area contributed by atoms with Gasteiger partial charge in [0.1, 0.15) is 0 Å². The van der Waals surface area contributed by atoms with Gasteiger partial charge in [0, 0.05) is 0 Å². The average Bonchev–Trinajstić information content (AvgIpc) is 2.64. The standard InChI is InChI=1S/2C8H7O.C6H4F.Bi/c2*1-7(9)8-5-3-2-4-6-8;7-6-4-2-1-3-5-6;/h2*2-5H,1H3;2-5H;. The number of hydrogen-bond acceptors (Lipinski definition) is 2. The van der Waals surface area contributed by atoms with Gasteiger partial charge in [0.25, 0.3) is 0 Å². The number of carbonyl (C=O) groups excluding carboxylic acids is 2. The molecule has 3 aromatic rings. The Kier molecular flexibility index (Phi) is 5.73. The van der Waals surface area contributed by atoms with E-state index < -0.39 is 21.8 Å². The fraction of sp³-hybridized carbons (Fsp3) is 0.0909. The second-order valence-electron chi connectivity index (χ2n) is 5.96. The third-order valence-electron chi connectivity index (χ3n) is 4.13. The molecule has 0 bridgehead atoms. The van der Waals surface area contributed by atoms with Crippen LogP contribution in [-0.2, 0) is 0 Å². The second-order valence-corrected chi connectivity index (χ2v) is 14.3. The van der Waals surface area contributed by atoms with Crippen LogP contribution < -0.4 is 9.81 Å². The Balaban J connectivity index is 2.30. The SMILES string of the molecule is CC(=O)c1cccc[c]1[Bi]([c]1ccc(F)cc1)[c]1ccccc1C(C)=O. The fourth-order valence-electron chi connectivity index (χ4n) is 2.93. The van der Waals surface area contributed by atoms with Crippen LogP contribution in [0.25, 0.3) is 0 Å². The number of carbonyl (C=O) groups is 2. The van der Waals surface area contributed by atoms with E-state index in [0.717, 1.165) is 9.81 Å². The van der Waals surface area contributed by atoms with Crippen LogP contribution in [0.5, 0.6) is 0 Å². The molecule has 0 aromatic heterocycles. The molecule has 4 heteroatoms. The van der Waals surface area contributed by atoms with E-state index >= 15 is 0 Å². The number of rotatable bonds is 5. The molecular formula is C22H18BiFO2. The molecule has 0 heterocycles. The van der Waals surface area contributed by atoms with Crippen molar-refractivity contribution >= 4 is 43.1 Å². The fourth-order valence-corrected chi connectivity index (χ4v) is 13.3. The van der Waals surface area contributed by atoms with Crippen molar-refractivity contribution in [1.82, 2.24) is 0 Å². The zero-order chi connectivity index (χ0) is 18.7. The topological polar surface area (TPSA) is 34.1 Å². The second kappa shape index (κ2) is 8.01. The molecule has 0 fully saturated rings. The summed E-state index contributed by atoms with van der Waals surface area (Å²) in [6, 6.07) is 21.7. The van der Waals surface area contributed by atoms with E-state index in [1.54, 1.807) is 26.0 Å². The van der Waals surface area contributed by atoms with Crippen molar-refractivity contribution in [3.8, 4) is 0 Å². The maximum absolute atomic E-state index is 13.5. The third kappa shape index (κ3) is 3.81. The normalized spacial score (nSPS) is 10.8. The summed E-state index contributed by atoms with van der Waals surface area (Å²) in [4.78, 5) is 24.4. The van der Waals surface area contributed by atoms with Crippen molar-refractivity contribution in [2.75, 3.05) is 0 Å². The van der Waals surface area contributed by atoms with E-state index in [4.69, 9.17) is 0 Å². The predicted octanol–water partition coefficient (Wildman–Crippen LogP) is 2.75. The first-order valence-corrected chi connectivity index (χ1v) is 13.5. The number of Topliss-reactive ketones (excluding diaryl/α,β-unsaturated/α-hetero) is 2. The molecule has 0 spiro atoms. The molecule has 0 amide bonds. The summed E-state index contributed by atoms with van der Waals surface area (Å²) in [6.07, 6.45) is 0. The molecule has 0 atom stereocenters. The van der Waals surface area contributed by atoms with Gasteiger partial charge in [-0.1, -0.05) is 0 Å². The molecule has 0 aliphatic carbocycles. The molecule has 3 rings (SSSR count). The van der Waals surface area contributed by atoms with Crippen molar-refractivity contribution in [3.05, 3.63) is 89.7 Å². The van der Waals surface area contributed by atoms with Crippen molar-refractivity contribution < 1.29 is 14.0 Å². The van der Waals surface area contributed by atoms with Gasteiger partial charge in [-0.15, -0.1) is 0 Å². The minimum absolute atomic E-state index is 0.00279. The molecule has 0 aliphatic heterocycles. The van der Waals surface area contributed by atoms with Crippen LogP contribution in [-0.4, -0.2) is 33.3 Å². The number of benzene rings is 3. The predicted molar refractivity (Wildman–Crippen MR) is 104 cm³/mol. The Morgan fingerprint density at radius 1 is 0.692 bits per heavy atom. The Bertz CT molecular complexity index is 906. The van der Waals surface area contributed by atoms with Crippen LogP contribution in [0.1, 0.15) is 34.6 Å². The van der Waals surface area contributed by atoms with Crippen LogP contribution >= 0.6 is 0 Å². The molecule has 3 aromatic carbocycles. The summed E-state index contributed by atoms with van der Waals surface area (Å²) in [5, 5.41) is 0. The first-order chi connectivity index (χ1) is 12.5. The summed E-state index contributed by atoms with van der Waals surface area (Å²) in [5.74, 6) is -0.288. The summed E-state index contributed by atoms with van der Waals surface area (Å²) in [7, 11) is 0. The van der Waals surface area contributed by atoms with Gasteiger partial charge in [-0.05, 0) is 0 Å². The summed E-state index contributed by atoms with van der Waals surface area (Å²) >= 11 is -2.96. The van der Waals surface area contributed by atoms with Gasteiger partial charge in [-0.25, -0.2) is 0 Å². The summed E-state index contributed by atoms with van der Waals surface area (Å²) in [6.45, 7) is 3.12. The van der Waals surface area contributed by atoms with E-state index in [9.17, 15) is 14.0 Å². The van der Waals surface area contributed by atoms with Crippen LogP contribution in [0.4, 0.5) is 4.39 Å². The minimum atomic E-state index is -2.96. The Hall–Kier alpha value is -2.19. The molecule has 26 heavy (non-hydrogen) atoms. The van der Waals surface area contributed by atoms with E-state index in [2.05, 4.69) is 0 Å².